The lowest BCUT2D eigenvalue weighted by atomic mass is 10.0. The van der Waals surface area contributed by atoms with E-state index in [1.165, 1.54) is 0 Å². The Morgan fingerprint density at radius 3 is 2.77 bits per heavy atom. The predicted octanol–water partition coefficient (Wildman–Crippen LogP) is 3.48. The Hall–Kier alpha value is -2.86. The summed E-state index contributed by atoms with van der Waals surface area (Å²) in [5.41, 5.74) is 3.17. The molecule has 1 aliphatic rings. The number of hydrogen-bond acceptors (Lipinski definition) is 3. The summed E-state index contributed by atoms with van der Waals surface area (Å²) in [6, 6.07) is 18.2. The van der Waals surface area contributed by atoms with E-state index in [1.807, 2.05) is 49.6 Å². The van der Waals surface area contributed by atoms with Gasteiger partial charge >= 0.3 is 0 Å². The van der Waals surface area contributed by atoms with E-state index in [9.17, 15) is 0 Å². The van der Waals surface area contributed by atoms with Gasteiger partial charge in [0.1, 0.15) is 5.75 Å². The fourth-order valence-electron chi connectivity index (χ4n) is 3.46. The average molecular weight is 364 g/mol. The van der Waals surface area contributed by atoms with Crippen molar-refractivity contribution in [2.45, 2.75) is 12.1 Å². The van der Waals surface area contributed by atoms with Crippen LogP contribution in [0.4, 0.5) is 0 Å². The first kappa shape index (κ1) is 16.6. The molecule has 1 saturated heterocycles. The van der Waals surface area contributed by atoms with E-state index in [2.05, 4.69) is 44.2 Å². The first-order valence-corrected chi connectivity index (χ1v) is 8.86. The molecule has 3 aromatic rings. The Labute approximate surface area is 158 Å². The molecular formula is C20H20N4OS. The number of methoxy groups -OCH3 is 1. The number of benzene rings is 1. The molecule has 5 nitrogen and oxygen atoms in total. The average Bonchev–Trinajstić information content (AvgIpc) is 3.27. The largest absolute Gasteiger partial charge is 0.497 e. The fraction of sp³-hybridized carbons (Fsp3) is 0.200. The van der Waals surface area contributed by atoms with E-state index < -0.39 is 0 Å². The van der Waals surface area contributed by atoms with Gasteiger partial charge in [0.05, 0.1) is 24.9 Å². The number of nitrogens with one attached hydrogen (secondary N) is 1. The van der Waals surface area contributed by atoms with Crippen molar-refractivity contribution >= 4 is 17.3 Å². The van der Waals surface area contributed by atoms with Gasteiger partial charge in [-0.1, -0.05) is 12.1 Å². The van der Waals surface area contributed by atoms with Crippen LogP contribution < -0.4 is 10.1 Å². The highest BCUT2D eigenvalue weighted by Crippen LogP contribution is 2.38. The van der Waals surface area contributed by atoms with Gasteiger partial charge in [-0.3, -0.25) is 4.98 Å². The Bertz CT molecular complexity index is 924. The molecular weight excluding hydrogens is 344 g/mol. The summed E-state index contributed by atoms with van der Waals surface area (Å²) >= 11 is 5.53. The van der Waals surface area contributed by atoms with E-state index in [4.69, 9.17) is 17.0 Å². The van der Waals surface area contributed by atoms with E-state index in [0.717, 1.165) is 27.9 Å². The summed E-state index contributed by atoms with van der Waals surface area (Å²) in [6.45, 7) is 0. The molecule has 0 saturated carbocycles. The van der Waals surface area contributed by atoms with Gasteiger partial charge in [0, 0.05) is 36.9 Å². The first-order valence-electron chi connectivity index (χ1n) is 8.45. The second kappa shape index (κ2) is 6.80. The Morgan fingerprint density at radius 1 is 1.12 bits per heavy atom. The monoisotopic (exact) mass is 364 g/mol. The van der Waals surface area contributed by atoms with Crippen molar-refractivity contribution in [1.29, 1.82) is 0 Å². The predicted molar refractivity (Wildman–Crippen MR) is 106 cm³/mol. The molecule has 0 radical (unpaired) electrons. The topological polar surface area (TPSA) is 42.3 Å². The SMILES string of the molecule is COc1cccc(-n2cccc2[C@@H]2[C@H](c3ccccn3)NC(=S)N2C)c1. The molecule has 0 spiro atoms. The number of aromatic nitrogens is 2. The van der Waals surface area contributed by atoms with Crippen molar-refractivity contribution in [3.63, 3.8) is 0 Å². The zero-order chi connectivity index (χ0) is 18.1. The maximum absolute atomic E-state index is 5.53. The van der Waals surface area contributed by atoms with Crippen molar-refractivity contribution in [3.05, 3.63) is 78.4 Å². The van der Waals surface area contributed by atoms with Gasteiger partial charge < -0.3 is 19.5 Å². The third-order valence-corrected chi connectivity index (χ3v) is 5.16. The molecule has 2 aromatic heterocycles. The molecule has 0 amide bonds. The molecule has 6 heteroatoms. The minimum Gasteiger partial charge on any atom is -0.497 e. The molecule has 4 rings (SSSR count). The summed E-state index contributed by atoms with van der Waals surface area (Å²) in [7, 11) is 3.70. The van der Waals surface area contributed by atoms with Crippen LogP contribution in [-0.4, -0.2) is 33.7 Å². The quantitative estimate of drug-likeness (QED) is 0.718. The van der Waals surface area contributed by atoms with Crippen molar-refractivity contribution < 1.29 is 4.74 Å². The Balaban J connectivity index is 1.79. The molecule has 1 aromatic carbocycles. The highest BCUT2D eigenvalue weighted by Gasteiger charge is 2.39. The second-order valence-corrected chi connectivity index (χ2v) is 6.63. The summed E-state index contributed by atoms with van der Waals surface area (Å²) in [4.78, 5) is 6.64. The third kappa shape index (κ3) is 2.82. The lowest BCUT2D eigenvalue weighted by Crippen LogP contribution is -2.25. The van der Waals surface area contributed by atoms with Crippen molar-refractivity contribution in [3.8, 4) is 11.4 Å². The van der Waals surface area contributed by atoms with Gasteiger partial charge in [0.2, 0.25) is 0 Å². The summed E-state index contributed by atoms with van der Waals surface area (Å²) in [6.07, 6.45) is 3.88. The van der Waals surface area contributed by atoms with Gasteiger partial charge in [0.25, 0.3) is 0 Å². The lowest BCUT2D eigenvalue weighted by Gasteiger charge is -2.25. The molecule has 2 atom stereocenters. The van der Waals surface area contributed by atoms with E-state index in [-0.39, 0.29) is 12.1 Å². The standard InChI is InChI=1S/C20H20N4OS/c1-23-19(18(22-20(23)26)16-9-3-4-11-21-16)17-10-6-12-24(17)14-7-5-8-15(13-14)25-2/h3-13,18-19H,1-2H3,(H,22,26)/t18-,19+/m0/s1. The molecule has 0 aliphatic carbocycles. The smallest absolute Gasteiger partial charge is 0.169 e. The second-order valence-electron chi connectivity index (χ2n) is 6.24. The highest BCUT2D eigenvalue weighted by atomic mass is 32.1. The molecule has 0 unspecified atom stereocenters. The molecule has 1 aliphatic heterocycles. The number of pyridine rings is 1. The number of likely N-dealkylation sites (N-methyl/N-ethyl adjacent to an activating group) is 1. The van der Waals surface area contributed by atoms with Crippen molar-refractivity contribution in [2.75, 3.05) is 14.2 Å². The van der Waals surface area contributed by atoms with Crippen LogP contribution in [-0.2, 0) is 0 Å². The van der Waals surface area contributed by atoms with Crippen molar-refractivity contribution in [2.24, 2.45) is 0 Å². The normalized spacial score (nSPS) is 19.5. The van der Waals surface area contributed by atoms with Crippen LogP contribution in [0.5, 0.6) is 5.75 Å². The van der Waals surface area contributed by atoms with Crippen LogP contribution in [0.25, 0.3) is 5.69 Å². The number of thiocarbonyl (C=S) groups is 1. The minimum atomic E-state index is -0.00652. The van der Waals surface area contributed by atoms with Gasteiger partial charge in [0.15, 0.2) is 5.11 Å². The molecule has 0 bridgehead atoms. The maximum Gasteiger partial charge on any atom is 0.169 e. The van der Waals surface area contributed by atoms with Gasteiger partial charge in [-0.25, -0.2) is 0 Å². The highest BCUT2D eigenvalue weighted by molar-refractivity contribution is 7.80. The first-order chi connectivity index (χ1) is 12.7. The summed E-state index contributed by atoms with van der Waals surface area (Å²) in [5.74, 6) is 0.830. The molecule has 1 fully saturated rings. The lowest BCUT2D eigenvalue weighted by molar-refractivity contribution is 0.357. The zero-order valence-electron chi connectivity index (χ0n) is 14.7. The van der Waals surface area contributed by atoms with Gasteiger partial charge in [-0.05, 0) is 48.6 Å². The molecule has 26 heavy (non-hydrogen) atoms. The van der Waals surface area contributed by atoms with Gasteiger partial charge in [-0.15, -0.1) is 0 Å². The Morgan fingerprint density at radius 2 is 2.00 bits per heavy atom. The van der Waals surface area contributed by atoms with Crippen LogP contribution in [0.2, 0.25) is 0 Å². The van der Waals surface area contributed by atoms with Crippen LogP contribution in [0.15, 0.2) is 67.0 Å². The Kier molecular flexibility index (Phi) is 4.34. The van der Waals surface area contributed by atoms with Crippen LogP contribution in [0, 0.1) is 0 Å². The number of nitrogens with zero attached hydrogens (tertiary/aromatic N) is 3. The zero-order valence-corrected chi connectivity index (χ0v) is 15.5. The van der Waals surface area contributed by atoms with Crippen LogP contribution in [0.3, 0.4) is 0 Å². The number of rotatable bonds is 4. The van der Waals surface area contributed by atoms with Gasteiger partial charge in [-0.2, -0.15) is 0 Å². The molecule has 132 valence electrons. The third-order valence-electron chi connectivity index (χ3n) is 4.75. The summed E-state index contributed by atoms with van der Waals surface area (Å²) in [5, 5.41) is 4.14. The van der Waals surface area contributed by atoms with Crippen molar-refractivity contribution in [1.82, 2.24) is 19.8 Å². The number of hydrogen-bond donors (Lipinski definition) is 1. The van der Waals surface area contributed by atoms with E-state index >= 15 is 0 Å². The van der Waals surface area contributed by atoms with E-state index in [0.29, 0.717) is 0 Å². The van der Waals surface area contributed by atoms with Crippen LogP contribution >= 0.6 is 12.2 Å². The number of ether oxygens (including phenoxy) is 1. The van der Waals surface area contributed by atoms with E-state index in [1.54, 1.807) is 7.11 Å². The van der Waals surface area contributed by atoms with Crippen LogP contribution in [0.1, 0.15) is 23.5 Å². The fourth-order valence-corrected chi connectivity index (χ4v) is 3.70. The molecule has 3 heterocycles. The molecule has 1 N–H and O–H groups in total. The summed E-state index contributed by atoms with van der Waals surface area (Å²) < 4.78 is 7.56. The maximum atomic E-state index is 5.53. The minimum absolute atomic E-state index is 0.00652.